The lowest BCUT2D eigenvalue weighted by molar-refractivity contribution is 1.45. The fourth-order valence-electron chi connectivity index (χ4n) is 1.56. The molecule has 0 spiro atoms. The zero-order chi connectivity index (χ0) is 13.8. The summed E-state index contributed by atoms with van der Waals surface area (Å²) in [6, 6.07) is 13.5. The first-order valence-corrected chi connectivity index (χ1v) is 7.23. The first-order valence-electron chi connectivity index (χ1n) is 5.65. The molecule has 0 bridgehead atoms. The SMILES string of the molecule is Cc1c(Cl)cccc1NC(=S)Nc1ccc(Br)cc1. The maximum atomic E-state index is 6.07. The number of anilines is 2. The summed E-state index contributed by atoms with van der Waals surface area (Å²) in [5.74, 6) is 0. The molecular formula is C14H12BrClN2S. The Kier molecular flexibility index (Phi) is 4.80. The predicted molar refractivity (Wildman–Crippen MR) is 90.2 cm³/mol. The van der Waals surface area contributed by atoms with Crippen LogP contribution in [0.15, 0.2) is 46.9 Å². The van der Waals surface area contributed by atoms with Gasteiger partial charge in [0.05, 0.1) is 0 Å². The Morgan fingerprint density at radius 3 is 2.47 bits per heavy atom. The molecule has 2 nitrogen and oxygen atoms in total. The molecule has 19 heavy (non-hydrogen) atoms. The van der Waals surface area contributed by atoms with Gasteiger partial charge >= 0.3 is 0 Å². The van der Waals surface area contributed by atoms with E-state index in [2.05, 4.69) is 26.6 Å². The molecule has 0 amide bonds. The largest absolute Gasteiger partial charge is 0.332 e. The van der Waals surface area contributed by atoms with Gasteiger partial charge in [-0.25, -0.2) is 0 Å². The molecule has 0 saturated carbocycles. The highest BCUT2D eigenvalue weighted by Crippen LogP contribution is 2.23. The van der Waals surface area contributed by atoms with Gasteiger partial charge in [0.1, 0.15) is 0 Å². The molecule has 2 aromatic rings. The highest BCUT2D eigenvalue weighted by molar-refractivity contribution is 9.10. The second-order valence-corrected chi connectivity index (χ2v) is 5.73. The molecule has 2 rings (SSSR count). The second-order valence-electron chi connectivity index (χ2n) is 4.00. The van der Waals surface area contributed by atoms with Crippen LogP contribution in [0.2, 0.25) is 5.02 Å². The van der Waals surface area contributed by atoms with Crippen molar-refractivity contribution in [3.63, 3.8) is 0 Å². The molecule has 0 aromatic heterocycles. The lowest BCUT2D eigenvalue weighted by atomic mass is 10.2. The van der Waals surface area contributed by atoms with Gasteiger partial charge in [-0.15, -0.1) is 0 Å². The number of thiocarbonyl (C=S) groups is 1. The van der Waals surface area contributed by atoms with Crippen molar-refractivity contribution in [2.24, 2.45) is 0 Å². The summed E-state index contributed by atoms with van der Waals surface area (Å²) in [4.78, 5) is 0. The van der Waals surface area contributed by atoms with E-state index in [1.807, 2.05) is 49.4 Å². The monoisotopic (exact) mass is 354 g/mol. The van der Waals surface area contributed by atoms with Gasteiger partial charge in [-0.05, 0) is 61.1 Å². The van der Waals surface area contributed by atoms with Gasteiger partial charge in [-0.1, -0.05) is 33.6 Å². The molecule has 0 radical (unpaired) electrons. The lowest BCUT2D eigenvalue weighted by Gasteiger charge is -2.13. The van der Waals surface area contributed by atoms with Gasteiger partial charge in [-0.2, -0.15) is 0 Å². The third-order valence-corrected chi connectivity index (χ3v) is 3.76. The number of halogens is 2. The Morgan fingerprint density at radius 1 is 1.11 bits per heavy atom. The van der Waals surface area contributed by atoms with E-state index >= 15 is 0 Å². The van der Waals surface area contributed by atoms with Gasteiger partial charge in [0.2, 0.25) is 0 Å². The smallest absolute Gasteiger partial charge is 0.175 e. The summed E-state index contributed by atoms with van der Waals surface area (Å²) in [7, 11) is 0. The zero-order valence-corrected chi connectivity index (χ0v) is 13.4. The van der Waals surface area contributed by atoms with Gasteiger partial charge in [0.15, 0.2) is 5.11 Å². The van der Waals surface area contributed by atoms with Crippen molar-refractivity contribution in [2.75, 3.05) is 10.6 Å². The quantitative estimate of drug-likeness (QED) is 0.722. The molecule has 0 atom stereocenters. The first-order chi connectivity index (χ1) is 9.06. The Hall–Kier alpha value is -1.10. The van der Waals surface area contributed by atoms with Crippen LogP contribution in [0.5, 0.6) is 0 Å². The van der Waals surface area contributed by atoms with E-state index in [0.29, 0.717) is 5.11 Å². The molecule has 98 valence electrons. The van der Waals surface area contributed by atoms with Crippen LogP contribution in [0.1, 0.15) is 5.56 Å². The van der Waals surface area contributed by atoms with Crippen LogP contribution < -0.4 is 10.6 Å². The molecule has 0 heterocycles. The predicted octanol–water partition coefficient (Wildman–Crippen LogP) is 5.22. The van der Waals surface area contributed by atoms with Crippen molar-refractivity contribution in [3.8, 4) is 0 Å². The van der Waals surface area contributed by atoms with Crippen molar-refractivity contribution in [2.45, 2.75) is 6.92 Å². The average molecular weight is 356 g/mol. The number of hydrogen-bond acceptors (Lipinski definition) is 1. The van der Waals surface area contributed by atoms with E-state index in [9.17, 15) is 0 Å². The van der Waals surface area contributed by atoms with Crippen LogP contribution in [-0.2, 0) is 0 Å². The normalized spacial score (nSPS) is 10.1. The summed E-state index contributed by atoms with van der Waals surface area (Å²) >= 11 is 14.7. The molecule has 2 aromatic carbocycles. The maximum absolute atomic E-state index is 6.07. The minimum absolute atomic E-state index is 0.535. The molecule has 0 aliphatic heterocycles. The Morgan fingerprint density at radius 2 is 1.79 bits per heavy atom. The van der Waals surface area contributed by atoms with Gasteiger partial charge in [-0.3, -0.25) is 0 Å². The molecule has 0 fully saturated rings. The highest BCUT2D eigenvalue weighted by Gasteiger charge is 2.04. The molecule has 0 aliphatic carbocycles. The van der Waals surface area contributed by atoms with Crippen LogP contribution in [0.3, 0.4) is 0 Å². The summed E-state index contributed by atoms with van der Waals surface area (Å²) in [5, 5.41) is 7.51. The van der Waals surface area contributed by atoms with Crippen molar-refractivity contribution in [1.82, 2.24) is 0 Å². The van der Waals surface area contributed by atoms with Crippen LogP contribution in [0.4, 0.5) is 11.4 Å². The first kappa shape index (κ1) is 14.3. The molecule has 5 heteroatoms. The number of nitrogens with one attached hydrogen (secondary N) is 2. The Balaban J connectivity index is 2.05. The van der Waals surface area contributed by atoms with E-state index in [1.165, 1.54) is 0 Å². The summed E-state index contributed by atoms with van der Waals surface area (Å²) in [5.41, 5.74) is 2.81. The zero-order valence-electron chi connectivity index (χ0n) is 10.2. The topological polar surface area (TPSA) is 24.1 Å². The number of rotatable bonds is 2. The average Bonchev–Trinajstić information content (AvgIpc) is 2.38. The minimum atomic E-state index is 0.535. The Bertz CT molecular complexity index is 599. The van der Waals surface area contributed by atoms with Gasteiger partial charge in [0.25, 0.3) is 0 Å². The van der Waals surface area contributed by atoms with Crippen molar-refractivity contribution < 1.29 is 0 Å². The third-order valence-electron chi connectivity index (χ3n) is 2.62. The van der Waals surface area contributed by atoms with Crippen LogP contribution in [0.25, 0.3) is 0 Å². The van der Waals surface area contributed by atoms with Crippen LogP contribution in [-0.4, -0.2) is 5.11 Å². The van der Waals surface area contributed by atoms with Crippen LogP contribution in [0, 0.1) is 6.92 Å². The molecule has 0 saturated heterocycles. The standard InChI is InChI=1S/C14H12BrClN2S/c1-9-12(16)3-2-4-13(9)18-14(19)17-11-7-5-10(15)6-8-11/h2-8H,1H3,(H2,17,18,19). The summed E-state index contributed by atoms with van der Waals surface area (Å²) in [6.07, 6.45) is 0. The van der Waals surface area contributed by atoms with E-state index in [1.54, 1.807) is 0 Å². The van der Waals surface area contributed by atoms with E-state index in [4.69, 9.17) is 23.8 Å². The lowest BCUT2D eigenvalue weighted by Crippen LogP contribution is -2.19. The van der Waals surface area contributed by atoms with Crippen LogP contribution >= 0.6 is 39.7 Å². The fraction of sp³-hybridized carbons (Fsp3) is 0.0714. The van der Waals surface area contributed by atoms with Gasteiger partial charge < -0.3 is 10.6 Å². The minimum Gasteiger partial charge on any atom is -0.332 e. The van der Waals surface area contributed by atoms with Crippen molar-refractivity contribution >= 4 is 56.2 Å². The van der Waals surface area contributed by atoms with Crippen molar-refractivity contribution in [3.05, 3.63) is 57.5 Å². The van der Waals surface area contributed by atoms with Crippen molar-refractivity contribution in [1.29, 1.82) is 0 Å². The number of hydrogen-bond donors (Lipinski definition) is 2. The molecular weight excluding hydrogens is 344 g/mol. The molecule has 0 aliphatic rings. The maximum Gasteiger partial charge on any atom is 0.175 e. The molecule has 0 unspecified atom stereocenters. The highest BCUT2D eigenvalue weighted by atomic mass is 79.9. The molecule has 2 N–H and O–H groups in total. The second kappa shape index (κ2) is 6.37. The van der Waals surface area contributed by atoms with E-state index in [0.717, 1.165) is 26.4 Å². The van der Waals surface area contributed by atoms with E-state index < -0.39 is 0 Å². The summed E-state index contributed by atoms with van der Waals surface area (Å²) in [6.45, 7) is 1.95. The summed E-state index contributed by atoms with van der Waals surface area (Å²) < 4.78 is 1.03. The fourth-order valence-corrected chi connectivity index (χ4v) is 2.23. The third kappa shape index (κ3) is 3.93. The Labute approximate surface area is 131 Å². The van der Waals surface area contributed by atoms with E-state index in [-0.39, 0.29) is 0 Å². The number of benzene rings is 2. The van der Waals surface area contributed by atoms with Gasteiger partial charge in [0, 0.05) is 20.9 Å².